The molecule has 0 spiro atoms. The van der Waals surface area contributed by atoms with Crippen LogP contribution in [0.2, 0.25) is 5.02 Å². The molecule has 0 saturated heterocycles. The first-order valence-corrected chi connectivity index (χ1v) is 7.31. The molecule has 0 saturated carbocycles. The lowest BCUT2D eigenvalue weighted by molar-refractivity contribution is 0.590. The van der Waals surface area contributed by atoms with Crippen molar-refractivity contribution in [3.8, 4) is 6.07 Å². The highest BCUT2D eigenvalue weighted by atomic mass is 35.5. The predicted molar refractivity (Wildman–Crippen MR) is 88.6 cm³/mol. The van der Waals surface area contributed by atoms with Crippen molar-refractivity contribution in [2.75, 3.05) is 5.32 Å². The van der Waals surface area contributed by atoms with Crippen LogP contribution in [-0.2, 0) is 12.0 Å². The maximum Gasteiger partial charge on any atom is 0.101 e. The van der Waals surface area contributed by atoms with Crippen LogP contribution in [0.25, 0.3) is 0 Å². The van der Waals surface area contributed by atoms with Crippen LogP contribution < -0.4 is 5.32 Å². The predicted octanol–water partition coefficient (Wildman–Crippen LogP) is 5.12. The van der Waals surface area contributed by atoms with Gasteiger partial charge in [0.25, 0.3) is 0 Å². The first-order chi connectivity index (χ1) is 9.90. The van der Waals surface area contributed by atoms with Gasteiger partial charge in [-0.05, 0) is 34.7 Å². The van der Waals surface area contributed by atoms with E-state index in [9.17, 15) is 0 Å². The lowest BCUT2D eigenvalue weighted by Gasteiger charge is -2.19. The van der Waals surface area contributed by atoms with Gasteiger partial charge in [0.05, 0.1) is 10.6 Å². The highest BCUT2D eigenvalue weighted by Crippen LogP contribution is 2.23. The van der Waals surface area contributed by atoms with Crippen molar-refractivity contribution < 1.29 is 0 Å². The third-order valence-electron chi connectivity index (χ3n) is 3.40. The van der Waals surface area contributed by atoms with E-state index in [0.717, 1.165) is 12.2 Å². The third kappa shape index (κ3) is 4.00. The van der Waals surface area contributed by atoms with Gasteiger partial charge in [-0.25, -0.2) is 0 Å². The first kappa shape index (κ1) is 15.4. The fraction of sp³-hybridized carbons (Fsp3) is 0.278. The molecule has 0 aliphatic carbocycles. The standard InChI is InChI=1S/C18H19ClN2/c1-18(2,3)15-6-4-13(5-7-15)12-21-16-8-9-17(19)14(10-16)11-20/h4-10,21H,12H2,1-3H3. The molecule has 2 nitrogen and oxygen atoms in total. The second kappa shape index (κ2) is 6.20. The SMILES string of the molecule is CC(C)(C)c1ccc(CNc2ccc(Cl)c(C#N)c2)cc1. The average Bonchev–Trinajstić information content (AvgIpc) is 2.46. The minimum Gasteiger partial charge on any atom is -0.381 e. The van der Waals surface area contributed by atoms with Gasteiger partial charge < -0.3 is 5.32 Å². The molecule has 0 atom stereocenters. The zero-order valence-electron chi connectivity index (χ0n) is 12.6. The molecule has 0 aromatic heterocycles. The lowest BCUT2D eigenvalue weighted by Crippen LogP contribution is -2.11. The van der Waals surface area contributed by atoms with Gasteiger partial charge in [0.15, 0.2) is 0 Å². The average molecular weight is 299 g/mol. The molecule has 2 aromatic rings. The Morgan fingerprint density at radius 2 is 1.76 bits per heavy atom. The Morgan fingerprint density at radius 1 is 1.10 bits per heavy atom. The summed E-state index contributed by atoms with van der Waals surface area (Å²) in [5, 5.41) is 12.8. The van der Waals surface area contributed by atoms with Crippen molar-refractivity contribution in [3.63, 3.8) is 0 Å². The number of benzene rings is 2. The second-order valence-electron chi connectivity index (χ2n) is 6.11. The van der Waals surface area contributed by atoms with E-state index in [2.05, 4.69) is 56.4 Å². The van der Waals surface area contributed by atoms with Crippen LogP contribution >= 0.6 is 11.6 Å². The Hall–Kier alpha value is -1.98. The maximum absolute atomic E-state index is 8.97. The van der Waals surface area contributed by atoms with Crippen LogP contribution in [0.4, 0.5) is 5.69 Å². The highest BCUT2D eigenvalue weighted by molar-refractivity contribution is 6.31. The maximum atomic E-state index is 8.97. The van der Waals surface area contributed by atoms with Crippen molar-refractivity contribution in [3.05, 3.63) is 64.2 Å². The lowest BCUT2D eigenvalue weighted by atomic mass is 9.87. The number of rotatable bonds is 3. The zero-order chi connectivity index (χ0) is 15.5. The van der Waals surface area contributed by atoms with E-state index in [1.807, 2.05) is 6.07 Å². The molecule has 2 aromatic carbocycles. The number of nitriles is 1. The molecule has 0 aliphatic heterocycles. The number of nitrogens with zero attached hydrogens (tertiary/aromatic N) is 1. The summed E-state index contributed by atoms with van der Waals surface area (Å²) >= 11 is 5.92. The van der Waals surface area contributed by atoms with Crippen LogP contribution in [0, 0.1) is 11.3 Å². The number of nitrogens with one attached hydrogen (secondary N) is 1. The number of halogens is 1. The minimum absolute atomic E-state index is 0.170. The fourth-order valence-corrected chi connectivity index (χ4v) is 2.21. The smallest absolute Gasteiger partial charge is 0.101 e. The Morgan fingerprint density at radius 3 is 2.33 bits per heavy atom. The van der Waals surface area contributed by atoms with Gasteiger partial charge in [-0.15, -0.1) is 0 Å². The Labute approximate surface area is 131 Å². The van der Waals surface area contributed by atoms with Gasteiger partial charge >= 0.3 is 0 Å². The normalized spacial score (nSPS) is 11.0. The first-order valence-electron chi connectivity index (χ1n) is 6.93. The molecule has 0 radical (unpaired) electrons. The summed E-state index contributed by atoms with van der Waals surface area (Å²) in [5.41, 5.74) is 4.09. The largest absolute Gasteiger partial charge is 0.381 e. The van der Waals surface area contributed by atoms with Crippen LogP contribution in [0.1, 0.15) is 37.5 Å². The van der Waals surface area contributed by atoms with Gasteiger partial charge in [-0.1, -0.05) is 56.6 Å². The summed E-state index contributed by atoms with van der Waals surface area (Å²) < 4.78 is 0. The van der Waals surface area contributed by atoms with Crippen LogP contribution in [0.3, 0.4) is 0 Å². The zero-order valence-corrected chi connectivity index (χ0v) is 13.3. The van der Waals surface area contributed by atoms with Crippen LogP contribution in [0.5, 0.6) is 0 Å². The molecule has 0 unspecified atom stereocenters. The number of hydrogen-bond acceptors (Lipinski definition) is 2. The van der Waals surface area contributed by atoms with E-state index < -0.39 is 0 Å². The van der Waals surface area contributed by atoms with E-state index in [1.54, 1.807) is 12.1 Å². The minimum atomic E-state index is 0.170. The monoisotopic (exact) mass is 298 g/mol. The summed E-state index contributed by atoms with van der Waals surface area (Å²) in [7, 11) is 0. The van der Waals surface area contributed by atoms with Gasteiger partial charge in [-0.2, -0.15) is 5.26 Å². The van der Waals surface area contributed by atoms with Crippen LogP contribution in [-0.4, -0.2) is 0 Å². The topological polar surface area (TPSA) is 35.8 Å². The molecule has 1 N–H and O–H groups in total. The molecule has 0 fully saturated rings. The van der Waals surface area contributed by atoms with Gasteiger partial charge in [0.2, 0.25) is 0 Å². The molecule has 0 amide bonds. The van der Waals surface area contributed by atoms with Gasteiger partial charge in [0.1, 0.15) is 6.07 Å². The van der Waals surface area contributed by atoms with E-state index in [0.29, 0.717) is 10.6 Å². The molecular weight excluding hydrogens is 280 g/mol. The number of hydrogen-bond donors (Lipinski definition) is 1. The number of anilines is 1. The van der Waals surface area contributed by atoms with Crippen molar-refractivity contribution in [2.45, 2.75) is 32.7 Å². The quantitative estimate of drug-likeness (QED) is 0.853. The third-order valence-corrected chi connectivity index (χ3v) is 3.73. The van der Waals surface area contributed by atoms with Crippen molar-refractivity contribution in [2.24, 2.45) is 0 Å². The summed E-state index contributed by atoms with van der Waals surface area (Å²) in [5.74, 6) is 0. The van der Waals surface area contributed by atoms with Gasteiger partial charge in [-0.3, -0.25) is 0 Å². The van der Waals surface area contributed by atoms with E-state index in [4.69, 9.17) is 16.9 Å². The molecule has 3 heteroatoms. The van der Waals surface area contributed by atoms with Crippen molar-refractivity contribution >= 4 is 17.3 Å². The van der Waals surface area contributed by atoms with E-state index in [1.165, 1.54) is 11.1 Å². The molecule has 0 aliphatic rings. The summed E-state index contributed by atoms with van der Waals surface area (Å²) in [6.07, 6.45) is 0. The molecular formula is C18H19ClN2. The molecule has 0 heterocycles. The Balaban J connectivity index is 2.05. The fourth-order valence-electron chi connectivity index (χ4n) is 2.05. The summed E-state index contributed by atoms with van der Waals surface area (Å²) in [4.78, 5) is 0. The molecule has 2 rings (SSSR count). The van der Waals surface area contributed by atoms with E-state index >= 15 is 0 Å². The van der Waals surface area contributed by atoms with E-state index in [-0.39, 0.29) is 5.41 Å². The second-order valence-corrected chi connectivity index (χ2v) is 6.51. The molecule has 108 valence electrons. The molecule has 21 heavy (non-hydrogen) atoms. The van der Waals surface area contributed by atoms with Crippen molar-refractivity contribution in [1.29, 1.82) is 5.26 Å². The van der Waals surface area contributed by atoms with Gasteiger partial charge in [0, 0.05) is 12.2 Å². The Kier molecular flexibility index (Phi) is 4.55. The Bertz CT molecular complexity index is 661. The summed E-state index contributed by atoms with van der Waals surface area (Å²) in [6, 6.07) is 16.1. The van der Waals surface area contributed by atoms with Crippen molar-refractivity contribution in [1.82, 2.24) is 0 Å². The highest BCUT2D eigenvalue weighted by Gasteiger charge is 2.12. The molecule has 0 bridgehead atoms. The summed E-state index contributed by atoms with van der Waals surface area (Å²) in [6.45, 7) is 7.34. The van der Waals surface area contributed by atoms with Crippen LogP contribution in [0.15, 0.2) is 42.5 Å².